The molecule has 0 heterocycles. The first-order valence-corrected chi connectivity index (χ1v) is 4.88. The summed E-state index contributed by atoms with van der Waals surface area (Å²) in [7, 11) is 0. The van der Waals surface area contributed by atoms with Crippen molar-refractivity contribution in [3.05, 3.63) is 65.5 Å². The summed E-state index contributed by atoms with van der Waals surface area (Å²) in [5, 5.41) is 7.96. The molecule has 0 fully saturated rings. The molecule has 3 heteroatoms. The van der Waals surface area contributed by atoms with E-state index in [1.165, 1.54) is 18.2 Å². The number of nitrogens with two attached hydrogens (primary N) is 1. The zero-order chi connectivity index (χ0) is 11.5. The Balaban J connectivity index is 2.46. The number of nitrogens with one attached hydrogen (secondary N) is 1. The highest BCUT2D eigenvalue weighted by atomic mass is 19.1. The van der Waals surface area contributed by atoms with Crippen molar-refractivity contribution >= 4 is 11.4 Å². The predicted octanol–water partition coefficient (Wildman–Crippen LogP) is 2.82. The van der Waals surface area contributed by atoms with E-state index < -0.39 is 0 Å². The highest BCUT2D eigenvalue weighted by Crippen LogP contribution is 2.17. The third-order valence-corrected chi connectivity index (χ3v) is 2.35. The van der Waals surface area contributed by atoms with Crippen molar-refractivity contribution in [2.75, 3.05) is 5.73 Å². The van der Waals surface area contributed by atoms with Gasteiger partial charge in [-0.3, -0.25) is 5.41 Å². The van der Waals surface area contributed by atoms with Gasteiger partial charge in [-0.2, -0.15) is 0 Å². The molecule has 80 valence electrons. The molecule has 0 spiro atoms. The maximum Gasteiger partial charge on any atom is 0.124 e. The van der Waals surface area contributed by atoms with E-state index in [1.54, 1.807) is 12.1 Å². The van der Waals surface area contributed by atoms with E-state index in [2.05, 4.69) is 0 Å². The van der Waals surface area contributed by atoms with Gasteiger partial charge in [-0.05, 0) is 18.2 Å². The van der Waals surface area contributed by atoms with Gasteiger partial charge < -0.3 is 5.73 Å². The van der Waals surface area contributed by atoms with Gasteiger partial charge in [-0.15, -0.1) is 0 Å². The fourth-order valence-corrected chi connectivity index (χ4v) is 1.51. The number of hydrogen-bond donors (Lipinski definition) is 2. The standard InChI is InChI=1S/C13H11FN2/c14-10-6-7-12(15)11(8-10)13(16)9-4-2-1-3-5-9/h1-8,16H,15H2. The monoisotopic (exact) mass is 214 g/mol. The molecule has 0 radical (unpaired) electrons. The Morgan fingerprint density at radius 2 is 1.75 bits per heavy atom. The van der Waals surface area contributed by atoms with Gasteiger partial charge in [0, 0.05) is 16.8 Å². The maximum atomic E-state index is 13.1. The average Bonchev–Trinajstić information content (AvgIpc) is 2.32. The Labute approximate surface area is 93.0 Å². The normalized spacial score (nSPS) is 10.1. The lowest BCUT2D eigenvalue weighted by Crippen LogP contribution is -2.05. The maximum absolute atomic E-state index is 13.1. The second kappa shape index (κ2) is 4.14. The van der Waals surface area contributed by atoms with Gasteiger partial charge in [-0.25, -0.2) is 4.39 Å². The molecule has 0 saturated carbocycles. The van der Waals surface area contributed by atoms with Crippen molar-refractivity contribution in [2.24, 2.45) is 0 Å². The van der Waals surface area contributed by atoms with Crippen LogP contribution in [0.3, 0.4) is 0 Å². The molecule has 0 aliphatic rings. The van der Waals surface area contributed by atoms with Crippen LogP contribution in [0, 0.1) is 11.2 Å². The molecule has 2 nitrogen and oxygen atoms in total. The lowest BCUT2D eigenvalue weighted by Gasteiger charge is -2.07. The Morgan fingerprint density at radius 3 is 2.44 bits per heavy atom. The first-order valence-electron chi connectivity index (χ1n) is 4.88. The van der Waals surface area contributed by atoms with Crippen molar-refractivity contribution in [3.8, 4) is 0 Å². The Kier molecular flexibility index (Phi) is 2.68. The van der Waals surface area contributed by atoms with Crippen molar-refractivity contribution < 1.29 is 4.39 Å². The molecule has 0 saturated heterocycles. The second-order valence-corrected chi connectivity index (χ2v) is 3.47. The van der Waals surface area contributed by atoms with E-state index in [1.807, 2.05) is 18.2 Å². The van der Waals surface area contributed by atoms with Crippen LogP contribution < -0.4 is 5.73 Å². The lowest BCUT2D eigenvalue weighted by molar-refractivity contribution is 0.628. The van der Waals surface area contributed by atoms with Gasteiger partial charge in [0.2, 0.25) is 0 Å². The minimum absolute atomic E-state index is 0.234. The van der Waals surface area contributed by atoms with Crippen LogP contribution in [0.2, 0.25) is 0 Å². The molecule has 2 rings (SSSR count). The van der Waals surface area contributed by atoms with Gasteiger partial charge in [-0.1, -0.05) is 30.3 Å². The summed E-state index contributed by atoms with van der Waals surface area (Å²) in [5.41, 5.74) is 7.51. The molecular formula is C13H11FN2. The molecule has 0 aliphatic heterocycles. The fraction of sp³-hybridized carbons (Fsp3) is 0. The quantitative estimate of drug-likeness (QED) is 0.586. The number of hydrogen-bond acceptors (Lipinski definition) is 2. The van der Waals surface area contributed by atoms with E-state index >= 15 is 0 Å². The smallest absolute Gasteiger partial charge is 0.124 e. The molecule has 16 heavy (non-hydrogen) atoms. The van der Waals surface area contributed by atoms with E-state index in [0.29, 0.717) is 11.3 Å². The van der Waals surface area contributed by atoms with Gasteiger partial charge in [0.25, 0.3) is 0 Å². The van der Waals surface area contributed by atoms with Crippen LogP contribution in [0.1, 0.15) is 11.1 Å². The molecule has 0 atom stereocenters. The molecule has 3 N–H and O–H groups in total. The number of anilines is 1. The molecule has 0 amide bonds. The SMILES string of the molecule is N=C(c1ccccc1)c1cc(F)ccc1N. The van der Waals surface area contributed by atoms with E-state index in [4.69, 9.17) is 11.1 Å². The number of halogens is 1. The summed E-state index contributed by atoms with van der Waals surface area (Å²) in [5.74, 6) is -0.384. The second-order valence-electron chi connectivity index (χ2n) is 3.47. The Hall–Kier alpha value is -2.16. The fourth-order valence-electron chi connectivity index (χ4n) is 1.51. The molecular weight excluding hydrogens is 203 g/mol. The minimum Gasteiger partial charge on any atom is -0.398 e. The van der Waals surface area contributed by atoms with Crippen LogP contribution in [0.15, 0.2) is 48.5 Å². The van der Waals surface area contributed by atoms with Gasteiger partial charge in [0.1, 0.15) is 5.82 Å². The summed E-state index contributed by atoms with van der Waals surface area (Å²) in [6.07, 6.45) is 0. The van der Waals surface area contributed by atoms with Crippen LogP contribution in [-0.2, 0) is 0 Å². The Morgan fingerprint density at radius 1 is 1.06 bits per heavy atom. The lowest BCUT2D eigenvalue weighted by atomic mass is 10.0. The molecule has 2 aromatic rings. The molecule has 2 aromatic carbocycles. The highest BCUT2D eigenvalue weighted by Gasteiger charge is 2.08. The van der Waals surface area contributed by atoms with Crippen LogP contribution in [0.25, 0.3) is 0 Å². The topological polar surface area (TPSA) is 49.9 Å². The largest absolute Gasteiger partial charge is 0.398 e. The van der Waals surface area contributed by atoms with Gasteiger partial charge in [0.15, 0.2) is 0 Å². The number of benzene rings is 2. The summed E-state index contributed by atoms with van der Waals surface area (Å²) >= 11 is 0. The summed E-state index contributed by atoms with van der Waals surface area (Å²) in [4.78, 5) is 0. The first kappa shape index (κ1) is 10.4. The predicted molar refractivity (Wildman–Crippen MR) is 63.2 cm³/mol. The number of nitrogen functional groups attached to an aromatic ring is 1. The Bertz CT molecular complexity index is 521. The van der Waals surface area contributed by atoms with Crippen LogP contribution in [-0.4, -0.2) is 5.71 Å². The molecule has 0 aliphatic carbocycles. The van der Waals surface area contributed by atoms with Gasteiger partial charge >= 0.3 is 0 Å². The van der Waals surface area contributed by atoms with Crippen molar-refractivity contribution in [3.63, 3.8) is 0 Å². The zero-order valence-corrected chi connectivity index (χ0v) is 8.57. The third kappa shape index (κ3) is 1.93. The van der Waals surface area contributed by atoms with Gasteiger partial charge in [0.05, 0.1) is 5.71 Å². The highest BCUT2D eigenvalue weighted by molar-refractivity contribution is 6.13. The van der Waals surface area contributed by atoms with E-state index in [9.17, 15) is 4.39 Å². The van der Waals surface area contributed by atoms with Crippen LogP contribution in [0.5, 0.6) is 0 Å². The summed E-state index contributed by atoms with van der Waals surface area (Å²) < 4.78 is 13.1. The first-order chi connectivity index (χ1) is 7.68. The van der Waals surface area contributed by atoms with Crippen molar-refractivity contribution in [1.82, 2.24) is 0 Å². The van der Waals surface area contributed by atoms with E-state index in [-0.39, 0.29) is 11.5 Å². The zero-order valence-electron chi connectivity index (χ0n) is 8.57. The summed E-state index contributed by atoms with van der Waals surface area (Å²) in [6, 6.07) is 13.2. The van der Waals surface area contributed by atoms with Crippen molar-refractivity contribution in [2.45, 2.75) is 0 Å². The average molecular weight is 214 g/mol. The van der Waals surface area contributed by atoms with Crippen LogP contribution >= 0.6 is 0 Å². The summed E-state index contributed by atoms with van der Waals surface area (Å²) in [6.45, 7) is 0. The molecule has 0 bridgehead atoms. The van der Waals surface area contributed by atoms with E-state index in [0.717, 1.165) is 5.56 Å². The molecule has 0 unspecified atom stereocenters. The number of rotatable bonds is 2. The minimum atomic E-state index is -0.384. The van der Waals surface area contributed by atoms with Crippen LogP contribution in [0.4, 0.5) is 10.1 Å². The molecule has 0 aromatic heterocycles. The third-order valence-electron chi connectivity index (χ3n) is 2.35. The van der Waals surface area contributed by atoms with Crippen molar-refractivity contribution in [1.29, 1.82) is 5.41 Å².